The molecule has 1 heterocycles. The number of hydrogen-bond donors (Lipinski definition) is 0. The number of esters is 1. The van der Waals surface area contributed by atoms with Crippen LogP contribution in [-0.2, 0) is 16.1 Å². The molecule has 0 unspecified atom stereocenters. The minimum atomic E-state index is -0.368. The van der Waals surface area contributed by atoms with Crippen LogP contribution in [0, 0.1) is 11.7 Å². The zero-order chi connectivity index (χ0) is 14.5. The Bertz CT molecular complexity index is 481. The maximum atomic E-state index is 13.9. The maximum Gasteiger partial charge on any atom is 0.310 e. The predicted octanol–water partition coefficient (Wildman–Crippen LogP) is 3.25. The van der Waals surface area contributed by atoms with E-state index in [1.165, 1.54) is 6.07 Å². The molecule has 110 valence electrons. The molecule has 2 rings (SSSR count). The number of halogens is 2. The molecule has 0 N–H and O–H groups in total. The van der Waals surface area contributed by atoms with E-state index in [0.29, 0.717) is 25.3 Å². The lowest BCUT2D eigenvalue weighted by molar-refractivity contribution is -0.150. The molecule has 5 heteroatoms. The zero-order valence-electron chi connectivity index (χ0n) is 11.6. The number of nitrogens with zero attached hydrogens (tertiary/aromatic N) is 1. The van der Waals surface area contributed by atoms with Gasteiger partial charge in [0.15, 0.2) is 0 Å². The first-order chi connectivity index (χ1) is 9.61. The van der Waals surface area contributed by atoms with Crippen molar-refractivity contribution in [1.29, 1.82) is 0 Å². The molecule has 0 aliphatic carbocycles. The van der Waals surface area contributed by atoms with Gasteiger partial charge in [-0.3, -0.25) is 9.69 Å². The van der Waals surface area contributed by atoms with Crippen LogP contribution in [0.4, 0.5) is 4.39 Å². The van der Waals surface area contributed by atoms with E-state index in [1.54, 1.807) is 19.1 Å². The van der Waals surface area contributed by atoms with Crippen LogP contribution < -0.4 is 0 Å². The van der Waals surface area contributed by atoms with Crippen molar-refractivity contribution >= 4 is 17.6 Å². The molecule has 0 bridgehead atoms. The molecule has 1 saturated heterocycles. The summed E-state index contributed by atoms with van der Waals surface area (Å²) in [6.07, 6.45) is 1.76. The predicted molar refractivity (Wildman–Crippen MR) is 76.0 cm³/mol. The fraction of sp³-hybridized carbons (Fsp3) is 0.533. The molecule has 20 heavy (non-hydrogen) atoms. The summed E-state index contributed by atoms with van der Waals surface area (Å²) in [5.74, 6) is -0.623. The van der Waals surface area contributed by atoms with Gasteiger partial charge in [0, 0.05) is 18.7 Å². The minimum Gasteiger partial charge on any atom is -0.466 e. The van der Waals surface area contributed by atoms with E-state index < -0.39 is 0 Å². The molecule has 0 aromatic heterocycles. The third-order valence-electron chi connectivity index (χ3n) is 3.55. The molecule has 1 aromatic rings. The lowest BCUT2D eigenvalue weighted by atomic mass is 9.97. The van der Waals surface area contributed by atoms with Crippen molar-refractivity contribution in [3.05, 3.63) is 34.6 Å². The van der Waals surface area contributed by atoms with Gasteiger partial charge in [0.05, 0.1) is 17.5 Å². The van der Waals surface area contributed by atoms with Crippen molar-refractivity contribution in [3.8, 4) is 0 Å². The maximum absolute atomic E-state index is 13.9. The molecule has 0 amide bonds. The molecule has 1 aromatic carbocycles. The van der Waals surface area contributed by atoms with Crippen LogP contribution in [0.5, 0.6) is 0 Å². The van der Waals surface area contributed by atoms with Crippen LogP contribution in [0.1, 0.15) is 25.3 Å². The van der Waals surface area contributed by atoms with Gasteiger partial charge in [-0.15, -0.1) is 0 Å². The second kappa shape index (κ2) is 7.04. The highest BCUT2D eigenvalue weighted by Gasteiger charge is 2.27. The molecule has 1 atom stereocenters. The van der Waals surface area contributed by atoms with Crippen LogP contribution in [0.15, 0.2) is 18.2 Å². The van der Waals surface area contributed by atoms with Gasteiger partial charge in [-0.05, 0) is 32.4 Å². The Morgan fingerprint density at radius 1 is 1.55 bits per heavy atom. The summed E-state index contributed by atoms with van der Waals surface area (Å²) in [6, 6.07) is 5.01. The standard InChI is InChI=1S/C15H19ClFNO2/c1-2-20-15(19)12-6-4-8-18(10-12)9-11-5-3-7-13(16)14(11)17/h3,5,7,12H,2,4,6,8-10H2,1H3/t12-/m0/s1. The molecule has 0 radical (unpaired) electrons. The van der Waals surface area contributed by atoms with Gasteiger partial charge in [-0.2, -0.15) is 0 Å². The highest BCUT2D eigenvalue weighted by atomic mass is 35.5. The molecule has 0 saturated carbocycles. The summed E-state index contributed by atoms with van der Waals surface area (Å²) in [6.45, 7) is 4.16. The van der Waals surface area contributed by atoms with Gasteiger partial charge < -0.3 is 4.74 Å². The topological polar surface area (TPSA) is 29.5 Å². The first-order valence-corrected chi connectivity index (χ1v) is 7.31. The third-order valence-corrected chi connectivity index (χ3v) is 3.84. The molecule has 1 aliphatic heterocycles. The fourth-order valence-corrected chi connectivity index (χ4v) is 2.76. The van der Waals surface area contributed by atoms with Crippen LogP contribution in [0.25, 0.3) is 0 Å². The van der Waals surface area contributed by atoms with Gasteiger partial charge in [-0.25, -0.2) is 4.39 Å². The molecule has 0 spiro atoms. The Morgan fingerprint density at radius 2 is 2.35 bits per heavy atom. The molecule has 3 nitrogen and oxygen atoms in total. The third kappa shape index (κ3) is 3.70. The fourth-order valence-electron chi connectivity index (χ4n) is 2.56. The van der Waals surface area contributed by atoms with Crippen molar-refractivity contribution in [3.63, 3.8) is 0 Å². The van der Waals surface area contributed by atoms with Gasteiger partial charge in [0.25, 0.3) is 0 Å². The summed E-state index contributed by atoms with van der Waals surface area (Å²) < 4.78 is 18.9. The largest absolute Gasteiger partial charge is 0.466 e. The van der Waals surface area contributed by atoms with E-state index in [4.69, 9.17) is 16.3 Å². The quantitative estimate of drug-likeness (QED) is 0.799. The van der Waals surface area contributed by atoms with Crippen molar-refractivity contribution in [1.82, 2.24) is 4.90 Å². The smallest absolute Gasteiger partial charge is 0.310 e. The van der Waals surface area contributed by atoms with E-state index >= 15 is 0 Å². The normalized spacial score (nSPS) is 19.9. The van der Waals surface area contributed by atoms with E-state index in [-0.39, 0.29) is 22.7 Å². The highest BCUT2D eigenvalue weighted by molar-refractivity contribution is 6.30. The van der Waals surface area contributed by atoms with Crippen molar-refractivity contribution in [2.24, 2.45) is 5.92 Å². The Balaban J connectivity index is 1.99. The Kier molecular flexibility index (Phi) is 5.38. The first-order valence-electron chi connectivity index (χ1n) is 6.93. The summed E-state index contributed by atoms with van der Waals surface area (Å²) >= 11 is 5.78. The van der Waals surface area contributed by atoms with Crippen molar-refractivity contribution in [2.45, 2.75) is 26.3 Å². The summed E-state index contributed by atoms with van der Waals surface area (Å²) in [7, 11) is 0. The van der Waals surface area contributed by atoms with E-state index in [1.807, 2.05) is 0 Å². The number of likely N-dealkylation sites (tertiary alicyclic amines) is 1. The van der Waals surface area contributed by atoms with Gasteiger partial charge in [0.1, 0.15) is 5.82 Å². The van der Waals surface area contributed by atoms with Crippen molar-refractivity contribution < 1.29 is 13.9 Å². The van der Waals surface area contributed by atoms with Crippen LogP contribution >= 0.6 is 11.6 Å². The van der Waals surface area contributed by atoms with E-state index in [9.17, 15) is 9.18 Å². The van der Waals surface area contributed by atoms with Crippen LogP contribution in [0.3, 0.4) is 0 Å². The van der Waals surface area contributed by atoms with E-state index in [0.717, 1.165) is 19.4 Å². The van der Waals surface area contributed by atoms with Gasteiger partial charge in [-0.1, -0.05) is 23.7 Å². The monoisotopic (exact) mass is 299 g/mol. The Labute approximate surface area is 123 Å². The Hall–Kier alpha value is -1.13. The number of piperidine rings is 1. The van der Waals surface area contributed by atoms with Crippen LogP contribution in [-0.4, -0.2) is 30.6 Å². The number of carbonyl (C=O) groups excluding carboxylic acids is 1. The number of ether oxygens (including phenoxy) is 1. The average Bonchev–Trinajstić information content (AvgIpc) is 2.44. The Morgan fingerprint density at radius 3 is 3.10 bits per heavy atom. The summed E-state index contributed by atoms with van der Waals surface area (Å²) in [5.41, 5.74) is 0.571. The summed E-state index contributed by atoms with van der Waals surface area (Å²) in [4.78, 5) is 13.9. The number of carbonyl (C=O) groups is 1. The molecule has 1 fully saturated rings. The lowest BCUT2D eigenvalue weighted by Crippen LogP contribution is -2.39. The SMILES string of the molecule is CCOC(=O)[C@H]1CCCN(Cc2cccc(Cl)c2F)C1. The van der Waals surface area contributed by atoms with E-state index in [2.05, 4.69) is 4.90 Å². The van der Waals surface area contributed by atoms with Gasteiger partial charge >= 0.3 is 5.97 Å². The van der Waals surface area contributed by atoms with Gasteiger partial charge in [0.2, 0.25) is 0 Å². The lowest BCUT2D eigenvalue weighted by Gasteiger charge is -2.31. The molecule has 1 aliphatic rings. The minimum absolute atomic E-state index is 0.106. The molecular weight excluding hydrogens is 281 g/mol. The second-order valence-electron chi connectivity index (χ2n) is 5.04. The number of benzene rings is 1. The highest BCUT2D eigenvalue weighted by Crippen LogP contribution is 2.23. The number of rotatable bonds is 4. The molecular formula is C15H19ClFNO2. The zero-order valence-corrected chi connectivity index (χ0v) is 12.3. The van der Waals surface area contributed by atoms with Crippen molar-refractivity contribution in [2.75, 3.05) is 19.7 Å². The average molecular weight is 300 g/mol. The number of hydrogen-bond acceptors (Lipinski definition) is 3. The summed E-state index contributed by atoms with van der Waals surface area (Å²) in [5, 5.41) is 0.140. The first kappa shape index (κ1) is 15.3. The second-order valence-corrected chi connectivity index (χ2v) is 5.45. The van der Waals surface area contributed by atoms with Crippen LogP contribution in [0.2, 0.25) is 5.02 Å².